The van der Waals surface area contributed by atoms with Gasteiger partial charge < -0.3 is 23.6 Å². The van der Waals surface area contributed by atoms with E-state index in [0.717, 1.165) is 6.42 Å². The highest BCUT2D eigenvalue weighted by Crippen LogP contribution is 2.29. The second-order valence-corrected chi connectivity index (χ2v) is 6.30. The number of amides is 1. The third kappa shape index (κ3) is 5.35. The van der Waals surface area contributed by atoms with Gasteiger partial charge in [0.1, 0.15) is 11.5 Å². The van der Waals surface area contributed by atoms with Crippen LogP contribution < -0.4 is 14.8 Å². The van der Waals surface area contributed by atoms with E-state index < -0.39 is 0 Å². The molecule has 1 amide bonds. The third-order valence-electron chi connectivity index (χ3n) is 4.15. The molecule has 0 bridgehead atoms. The maximum Gasteiger partial charge on any atom is 0.283 e. The molecule has 29 heavy (non-hydrogen) atoms. The van der Waals surface area contributed by atoms with Gasteiger partial charge in [-0.3, -0.25) is 9.69 Å². The summed E-state index contributed by atoms with van der Waals surface area (Å²) in [5.41, 5.74) is 0.577. The zero-order valence-corrected chi connectivity index (χ0v) is 16.7. The van der Waals surface area contributed by atoms with Crippen LogP contribution in [0.25, 0.3) is 11.7 Å². The second kappa shape index (κ2) is 9.74. The first-order valence-corrected chi connectivity index (χ1v) is 9.23. The molecule has 0 saturated heterocycles. The first-order valence-electron chi connectivity index (χ1n) is 9.23. The van der Waals surface area contributed by atoms with E-state index in [1.54, 1.807) is 50.8 Å². The van der Waals surface area contributed by atoms with E-state index in [9.17, 15) is 4.79 Å². The molecule has 2 heterocycles. The Bertz CT molecular complexity index is 923. The van der Waals surface area contributed by atoms with E-state index in [1.165, 1.54) is 0 Å². The van der Waals surface area contributed by atoms with Crippen molar-refractivity contribution in [2.45, 2.75) is 19.9 Å². The van der Waals surface area contributed by atoms with Gasteiger partial charge >= 0.3 is 0 Å². The summed E-state index contributed by atoms with van der Waals surface area (Å²) in [4.78, 5) is 14.5. The number of nitrogens with zero attached hydrogens (tertiary/aromatic N) is 3. The number of anilines is 1. The van der Waals surface area contributed by atoms with Crippen LogP contribution in [0.1, 0.15) is 19.2 Å². The molecule has 0 aliphatic carbocycles. The Labute approximate surface area is 168 Å². The van der Waals surface area contributed by atoms with Crippen molar-refractivity contribution in [3.05, 3.63) is 42.5 Å². The Balaban J connectivity index is 1.63. The molecule has 9 nitrogen and oxygen atoms in total. The molecule has 0 aliphatic rings. The largest absolute Gasteiger partial charge is 0.497 e. The molecule has 0 spiro atoms. The highest BCUT2D eigenvalue weighted by atomic mass is 16.5. The molecule has 9 heteroatoms. The van der Waals surface area contributed by atoms with E-state index in [1.807, 2.05) is 11.8 Å². The molecule has 3 rings (SSSR count). The number of carbonyl (C=O) groups is 1. The Morgan fingerprint density at radius 3 is 2.76 bits per heavy atom. The van der Waals surface area contributed by atoms with Crippen molar-refractivity contribution in [1.29, 1.82) is 0 Å². The molecule has 0 atom stereocenters. The Morgan fingerprint density at radius 2 is 2.07 bits per heavy atom. The average Bonchev–Trinajstić information content (AvgIpc) is 3.40. The van der Waals surface area contributed by atoms with Crippen LogP contribution in [0.4, 0.5) is 5.69 Å². The van der Waals surface area contributed by atoms with Gasteiger partial charge in [0, 0.05) is 6.07 Å². The molecule has 154 valence electrons. The third-order valence-corrected chi connectivity index (χ3v) is 4.15. The molecule has 0 aliphatic heterocycles. The van der Waals surface area contributed by atoms with Gasteiger partial charge in [-0.1, -0.05) is 6.92 Å². The number of nitrogens with one attached hydrogen (secondary N) is 1. The van der Waals surface area contributed by atoms with Crippen LogP contribution in [-0.2, 0) is 11.3 Å². The van der Waals surface area contributed by atoms with E-state index in [-0.39, 0.29) is 12.5 Å². The monoisotopic (exact) mass is 400 g/mol. The first-order chi connectivity index (χ1) is 14.1. The Morgan fingerprint density at radius 1 is 1.21 bits per heavy atom. The summed E-state index contributed by atoms with van der Waals surface area (Å²) in [7, 11) is 3.12. The lowest BCUT2D eigenvalue weighted by Crippen LogP contribution is -2.33. The van der Waals surface area contributed by atoms with Crippen molar-refractivity contribution in [3.8, 4) is 23.1 Å². The molecule has 1 aromatic carbocycles. The molecule has 0 fully saturated rings. The molecule has 3 aromatic rings. The van der Waals surface area contributed by atoms with Crippen molar-refractivity contribution in [3.63, 3.8) is 0 Å². The summed E-state index contributed by atoms with van der Waals surface area (Å²) in [6.07, 6.45) is 2.42. The SMILES string of the molecule is CCCN(CC(=O)Nc1ccc(OC)cc1OC)Cc1nnc(-c2ccco2)o1. The number of aromatic nitrogens is 2. The van der Waals surface area contributed by atoms with Crippen molar-refractivity contribution in [2.75, 3.05) is 32.6 Å². The fraction of sp³-hybridized carbons (Fsp3) is 0.350. The lowest BCUT2D eigenvalue weighted by molar-refractivity contribution is -0.117. The number of benzene rings is 1. The maximum absolute atomic E-state index is 12.6. The van der Waals surface area contributed by atoms with Crippen LogP contribution in [0.5, 0.6) is 11.5 Å². The number of methoxy groups -OCH3 is 2. The molecule has 0 radical (unpaired) electrons. The van der Waals surface area contributed by atoms with Crippen LogP contribution in [0, 0.1) is 0 Å². The molecule has 2 aromatic heterocycles. The summed E-state index contributed by atoms with van der Waals surface area (Å²) >= 11 is 0. The van der Waals surface area contributed by atoms with Crippen molar-refractivity contribution in [2.24, 2.45) is 0 Å². The Kier molecular flexibility index (Phi) is 6.85. The molecule has 0 saturated carbocycles. The molecule has 0 unspecified atom stereocenters. The lowest BCUT2D eigenvalue weighted by Gasteiger charge is -2.19. The van der Waals surface area contributed by atoms with Crippen molar-refractivity contribution < 1.29 is 23.1 Å². The van der Waals surface area contributed by atoms with Gasteiger partial charge in [-0.2, -0.15) is 0 Å². The summed E-state index contributed by atoms with van der Waals surface area (Å²) < 4.78 is 21.4. The smallest absolute Gasteiger partial charge is 0.283 e. The van der Waals surface area contributed by atoms with Gasteiger partial charge in [0.25, 0.3) is 5.89 Å². The predicted molar refractivity (Wildman–Crippen MR) is 106 cm³/mol. The van der Waals surface area contributed by atoms with Gasteiger partial charge in [-0.15, -0.1) is 10.2 Å². The minimum absolute atomic E-state index is 0.168. The van der Waals surface area contributed by atoms with Gasteiger partial charge in [0.05, 0.1) is 39.3 Å². The molecule has 1 N–H and O–H groups in total. The first kappa shape index (κ1) is 20.4. The number of hydrogen-bond donors (Lipinski definition) is 1. The quantitative estimate of drug-likeness (QED) is 0.553. The van der Waals surface area contributed by atoms with Crippen LogP contribution >= 0.6 is 0 Å². The van der Waals surface area contributed by atoms with Gasteiger partial charge in [-0.05, 0) is 37.2 Å². The zero-order chi connectivity index (χ0) is 20.6. The molecular weight excluding hydrogens is 376 g/mol. The van der Waals surface area contributed by atoms with Crippen LogP contribution in [0.2, 0.25) is 0 Å². The minimum atomic E-state index is -0.173. The average molecular weight is 400 g/mol. The van der Waals surface area contributed by atoms with E-state index in [0.29, 0.717) is 47.8 Å². The van der Waals surface area contributed by atoms with Crippen LogP contribution in [-0.4, -0.2) is 48.3 Å². The highest BCUT2D eigenvalue weighted by molar-refractivity contribution is 5.93. The minimum Gasteiger partial charge on any atom is -0.497 e. The summed E-state index contributed by atoms with van der Waals surface area (Å²) in [6.45, 7) is 3.27. The lowest BCUT2D eigenvalue weighted by atomic mass is 10.2. The van der Waals surface area contributed by atoms with Crippen molar-refractivity contribution >= 4 is 11.6 Å². The van der Waals surface area contributed by atoms with Crippen LogP contribution in [0.3, 0.4) is 0 Å². The van der Waals surface area contributed by atoms with E-state index in [4.69, 9.17) is 18.3 Å². The second-order valence-electron chi connectivity index (χ2n) is 6.30. The number of rotatable bonds is 10. The standard InChI is InChI=1S/C20H24N4O5/c1-4-9-24(13-19-22-23-20(29-19)16-6-5-10-28-16)12-18(25)21-15-8-7-14(26-2)11-17(15)27-3/h5-8,10-11H,4,9,12-13H2,1-3H3,(H,21,25). The van der Waals surface area contributed by atoms with Crippen molar-refractivity contribution in [1.82, 2.24) is 15.1 Å². The summed E-state index contributed by atoms with van der Waals surface area (Å²) in [5.74, 6) is 2.24. The number of ether oxygens (including phenoxy) is 2. The summed E-state index contributed by atoms with van der Waals surface area (Å²) in [5, 5.41) is 10.9. The highest BCUT2D eigenvalue weighted by Gasteiger charge is 2.17. The van der Waals surface area contributed by atoms with E-state index >= 15 is 0 Å². The number of hydrogen-bond acceptors (Lipinski definition) is 8. The Hall–Kier alpha value is -3.33. The maximum atomic E-state index is 12.6. The molecular formula is C20H24N4O5. The normalized spacial score (nSPS) is 10.9. The van der Waals surface area contributed by atoms with Gasteiger partial charge in [-0.25, -0.2) is 0 Å². The zero-order valence-electron chi connectivity index (χ0n) is 16.7. The fourth-order valence-corrected chi connectivity index (χ4v) is 2.83. The van der Waals surface area contributed by atoms with Gasteiger partial charge in [0.15, 0.2) is 5.76 Å². The topological polar surface area (TPSA) is 103 Å². The number of carbonyl (C=O) groups excluding carboxylic acids is 1. The fourth-order valence-electron chi connectivity index (χ4n) is 2.83. The van der Waals surface area contributed by atoms with E-state index in [2.05, 4.69) is 15.5 Å². The number of furan rings is 1. The predicted octanol–water partition coefficient (Wildman–Crippen LogP) is 3.20. The van der Waals surface area contributed by atoms with Gasteiger partial charge in [0.2, 0.25) is 11.8 Å². The van der Waals surface area contributed by atoms with Crippen LogP contribution in [0.15, 0.2) is 45.4 Å². The summed E-state index contributed by atoms with van der Waals surface area (Å²) in [6, 6.07) is 8.72.